The largest absolute Gasteiger partial charge is 0.454 e. The van der Waals surface area contributed by atoms with Crippen LogP contribution in [-0.2, 0) is 9.59 Å². The summed E-state index contributed by atoms with van der Waals surface area (Å²) in [5, 5.41) is 12.3. The highest BCUT2D eigenvalue weighted by Crippen LogP contribution is 2.49. The molecule has 2 fully saturated rings. The molecule has 3 aliphatic rings. The second-order valence-electron chi connectivity index (χ2n) is 8.52. The molecule has 6 rings (SSSR count). The quantitative estimate of drug-likeness (QED) is 0.622. The zero-order chi connectivity index (χ0) is 22.4. The summed E-state index contributed by atoms with van der Waals surface area (Å²) in [6.07, 6.45) is 2.34. The molecule has 0 bridgehead atoms. The highest BCUT2D eigenvalue weighted by Gasteiger charge is 2.48. The maximum absolute atomic E-state index is 13.1. The van der Waals surface area contributed by atoms with Gasteiger partial charge in [0.2, 0.25) is 23.7 Å². The normalized spacial score (nSPS) is 22.9. The maximum atomic E-state index is 13.1. The van der Waals surface area contributed by atoms with Gasteiger partial charge in [0.1, 0.15) is 11.0 Å². The fourth-order valence-electron chi connectivity index (χ4n) is 4.66. The first-order chi connectivity index (χ1) is 16.2. The van der Waals surface area contributed by atoms with E-state index in [4.69, 9.17) is 9.47 Å². The first-order valence-corrected chi connectivity index (χ1v) is 11.9. The van der Waals surface area contributed by atoms with E-state index in [9.17, 15) is 9.59 Å². The van der Waals surface area contributed by atoms with Crippen LogP contribution in [0.15, 0.2) is 48.5 Å². The van der Waals surface area contributed by atoms with E-state index in [1.165, 1.54) is 16.9 Å². The third kappa shape index (κ3) is 3.82. The minimum atomic E-state index is -0.465. The van der Waals surface area contributed by atoms with Gasteiger partial charge in [0.15, 0.2) is 11.5 Å². The zero-order valence-corrected chi connectivity index (χ0v) is 18.6. The van der Waals surface area contributed by atoms with E-state index in [0.29, 0.717) is 34.6 Å². The van der Waals surface area contributed by atoms with Crippen LogP contribution in [0.5, 0.6) is 11.5 Å². The van der Waals surface area contributed by atoms with Crippen molar-refractivity contribution < 1.29 is 19.1 Å². The van der Waals surface area contributed by atoms with Crippen LogP contribution < -0.4 is 14.8 Å². The number of aromatic nitrogens is 2. The Morgan fingerprint density at radius 2 is 1.91 bits per heavy atom. The molecule has 3 aromatic rings. The Hall–Kier alpha value is -3.46. The number of carbonyl (C=O) groups is 2. The van der Waals surface area contributed by atoms with Crippen LogP contribution in [0.3, 0.4) is 0 Å². The van der Waals surface area contributed by atoms with Crippen LogP contribution in [-0.4, -0.2) is 46.3 Å². The lowest BCUT2D eigenvalue weighted by atomic mass is 10.1. The van der Waals surface area contributed by atoms with Gasteiger partial charge in [0, 0.05) is 18.0 Å². The summed E-state index contributed by atoms with van der Waals surface area (Å²) in [5.74, 6) is 1.48. The number of fused-ring (bicyclic) bond motifs is 1. The molecule has 3 atom stereocenters. The van der Waals surface area contributed by atoms with Crippen LogP contribution >= 0.6 is 11.3 Å². The van der Waals surface area contributed by atoms with Crippen molar-refractivity contribution in [1.82, 2.24) is 15.1 Å². The molecule has 1 N–H and O–H groups in total. The van der Waals surface area contributed by atoms with E-state index in [1.54, 1.807) is 4.90 Å². The highest BCUT2D eigenvalue weighted by molar-refractivity contribution is 7.18. The summed E-state index contributed by atoms with van der Waals surface area (Å²) in [7, 11) is 0. The fourth-order valence-corrected chi connectivity index (χ4v) is 5.40. The first-order valence-electron chi connectivity index (χ1n) is 11.1. The monoisotopic (exact) mass is 462 g/mol. The van der Waals surface area contributed by atoms with Gasteiger partial charge in [0.25, 0.3) is 0 Å². The maximum Gasteiger partial charge on any atom is 0.249 e. The summed E-state index contributed by atoms with van der Waals surface area (Å²) in [4.78, 5) is 27.9. The minimum Gasteiger partial charge on any atom is -0.454 e. The summed E-state index contributed by atoms with van der Waals surface area (Å²) < 4.78 is 10.8. The van der Waals surface area contributed by atoms with Gasteiger partial charge in [-0.15, -0.1) is 10.2 Å². The number of benzene rings is 2. The van der Waals surface area contributed by atoms with E-state index in [2.05, 4.69) is 27.6 Å². The number of likely N-dealkylation sites (tertiary alicyclic amines) is 1. The predicted molar refractivity (Wildman–Crippen MR) is 122 cm³/mol. The number of anilines is 1. The average Bonchev–Trinajstić information content (AvgIpc) is 3.20. The smallest absolute Gasteiger partial charge is 0.249 e. The number of hydrogen-bond acceptors (Lipinski definition) is 7. The lowest BCUT2D eigenvalue weighted by molar-refractivity contribution is -0.137. The van der Waals surface area contributed by atoms with Crippen LogP contribution in [0.1, 0.15) is 30.7 Å². The molecule has 0 spiro atoms. The van der Waals surface area contributed by atoms with Gasteiger partial charge >= 0.3 is 0 Å². The van der Waals surface area contributed by atoms with E-state index >= 15 is 0 Å². The van der Waals surface area contributed by atoms with Gasteiger partial charge in [0.05, 0.1) is 0 Å². The Morgan fingerprint density at radius 1 is 1.06 bits per heavy atom. The molecule has 3 heterocycles. The molecule has 1 saturated carbocycles. The Balaban J connectivity index is 1.11. The minimum absolute atomic E-state index is 0.0278. The van der Waals surface area contributed by atoms with Crippen LogP contribution in [0.25, 0.3) is 10.6 Å². The number of amides is 2. The van der Waals surface area contributed by atoms with Crippen molar-refractivity contribution in [2.75, 3.05) is 18.7 Å². The van der Waals surface area contributed by atoms with Crippen molar-refractivity contribution in [3.8, 4) is 22.1 Å². The summed E-state index contributed by atoms with van der Waals surface area (Å²) in [6, 6.07) is 15.2. The van der Waals surface area contributed by atoms with E-state index in [-0.39, 0.29) is 30.4 Å². The van der Waals surface area contributed by atoms with Gasteiger partial charge in [-0.25, -0.2) is 0 Å². The molecule has 9 heteroatoms. The lowest BCUT2D eigenvalue weighted by Crippen LogP contribution is -2.44. The lowest BCUT2D eigenvalue weighted by Gasteiger charge is -2.23. The van der Waals surface area contributed by atoms with Crippen molar-refractivity contribution in [2.45, 2.75) is 31.2 Å². The van der Waals surface area contributed by atoms with Crippen molar-refractivity contribution in [3.63, 3.8) is 0 Å². The third-order valence-electron chi connectivity index (χ3n) is 6.45. The van der Waals surface area contributed by atoms with Crippen molar-refractivity contribution in [2.24, 2.45) is 5.92 Å². The molecule has 1 aliphatic carbocycles. The number of hydrogen-bond donors (Lipinski definition) is 1. The van der Waals surface area contributed by atoms with Crippen LogP contribution in [0, 0.1) is 5.92 Å². The molecule has 3 unspecified atom stereocenters. The fraction of sp³-hybridized carbons (Fsp3) is 0.333. The molecule has 2 amide bonds. The zero-order valence-electron chi connectivity index (χ0n) is 17.8. The highest BCUT2D eigenvalue weighted by atomic mass is 32.1. The molecular formula is C24H22N4O4S. The second-order valence-corrected chi connectivity index (χ2v) is 9.50. The average molecular weight is 463 g/mol. The standard InChI is InChI=1S/C24H22N4O4S/c29-21(25-24-27-26-22(33-24)15-8-9-19-20(11-15)32-13-31-19)18-7-4-10-28(18)23(30)17-12-16(17)14-5-2-1-3-6-14/h1-3,5-6,8-9,11,16-18H,4,7,10,12-13H2,(H,25,27,29). The Bertz CT molecular complexity index is 1210. The van der Waals surface area contributed by atoms with E-state index in [1.807, 2.05) is 36.4 Å². The van der Waals surface area contributed by atoms with Gasteiger partial charge in [-0.1, -0.05) is 41.7 Å². The molecule has 1 saturated heterocycles. The number of carbonyl (C=O) groups excluding carboxylic acids is 2. The summed E-state index contributed by atoms with van der Waals surface area (Å²) >= 11 is 1.29. The third-order valence-corrected chi connectivity index (χ3v) is 7.34. The summed E-state index contributed by atoms with van der Waals surface area (Å²) in [5.41, 5.74) is 2.04. The number of ether oxygens (including phenoxy) is 2. The molecular weight excluding hydrogens is 440 g/mol. The number of nitrogens with zero attached hydrogens (tertiary/aromatic N) is 3. The van der Waals surface area contributed by atoms with Gasteiger partial charge in [-0.05, 0) is 48.9 Å². The molecule has 33 heavy (non-hydrogen) atoms. The Labute approximate surface area is 194 Å². The second kappa shape index (κ2) is 8.15. The molecule has 2 aromatic carbocycles. The predicted octanol–water partition coefficient (Wildman–Crippen LogP) is 3.67. The topological polar surface area (TPSA) is 93.7 Å². The van der Waals surface area contributed by atoms with Gasteiger partial charge in [-0.3, -0.25) is 14.9 Å². The molecule has 168 valence electrons. The molecule has 2 aliphatic heterocycles. The number of nitrogens with one attached hydrogen (secondary N) is 1. The van der Waals surface area contributed by atoms with Crippen LogP contribution in [0.2, 0.25) is 0 Å². The number of rotatable bonds is 5. The molecule has 1 aromatic heterocycles. The Kier molecular flexibility index (Phi) is 4.98. The van der Waals surface area contributed by atoms with Crippen molar-refractivity contribution >= 4 is 28.3 Å². The summed E-state index contributed by atoms with van der Waals surface area (Å²) in [6.45, 7) is 0.827. The van der Waals surface area contributed by atoms with Gasteiger partial charge < -0.3 is 14.4 Å². The van der Waals surface area contributed by atoms with E-state index in [0.717, 1.165) is 18.4 Å². The van der Waals surface area contributed by atoms with Crippen molar-refractivity contribution in [1.29, 1.82) is 0 Å². The van der Waals surface area contributed by atoms with Crippen LogP contribution in [0.4, 0.5) is 5.13 Å². The van der Waals surface area contributed by atoms with E-state index < -0.39 is 6.04 Å². The van der Waals surface area contributed by atoms with Gasteiger partial charge in [-0.2, -0.15) is 0 Å². The van der Waals surface area contributed by atoms with Crippen molar-refractivity contribution in [3.05, 3.63) is 54.1 Å². The Morgan fingerprint density at radius 3 is 2.79 bits per heavy atom. The first kappa shape index (κ1) is 20.2. The SMILES string of the molecule is O=C(Nc1nnc(-c2ccc3c(c2)OCO3)s1)C1CCCN1C(=O)C1CC1c1ccccc1. The molecule has 0 radical (unpaired) electrons. The molecule has 8 nitrogen and oxygen atoms in total.